The van der Waals surface area contributed by atoms with Crippen molar-refractivity contribution in [3.8, 4) is 0 Å². The molecule has 21 heavy (non-hydrogen) atoms. The smallest absolute Gasteiger partial charge is 0.0950 e. The standard InChI is InChI=1S/C19H27NO/c1-4-13-20-18(16-12-14-21-15-16)19(5-2,6-3)17-10-8-7-9-11-17/h7-12,14-15,18,20H,4-6,13H2,1-3H3. The second-order valence-electron chi connectivity index (χ2n) is 5.67. The molecule has 1 N–H and O–H groups in total. The first-order chi connectivity index (χ1) is 10.3. The summed E-state index contributed by atoms with van der Waals surface area (Å²) >= 11 is 0. The highest BCUT2D eigenvalue weighted by molar-refractivity contribution is 5.32. The lowest BCUT2D eigenvalue weighted by atomic mass is 9.68. The van der Waals surface area contributed by atoms with Crippen molar-refractivity contribution >= 4 is 0 Å². The molecule has 0 radical (unpaired) electrons. The van der Waals surface area contributed by atoms with E-state index in [0.29, 0.717) is 0 Å². The molecule has 0 aliphatic rings. The molecule has 0 aliphatic heterocycles. The van der Waals surface area contributed by atoms with Crippen molar-refractivity contribution in [3.63, 3.8) is 0 Å². The van der Waals surface area contributed by atoms with Crippen molar-refractivity contribution < 1.29 is 4.42 Å². The minimum absolute atomic E-state index is 0.0975. The molecule has 0 fully saturated rings. The molecule has 0 bridgehead atoms. The minimum Gasteiger partial charge on any atom is -0.472 e. The minimum atomic E-state index is 0.0975. The van der Waals surface area contributed by atoms with Gasteiger partial charge in [0.25, 0.3) is 0 Å². The van der Waals surface area contributed by atoms with E-state index < -0.39 is 0 Å². The normalized spacial score (nSPS) is 13.3. The molecule has 0 aliphatic carbocycles. The molecule has 1 aromatic heterocycles. The van der Waals surface area contributed by atoms with Gasteiger partial charge in [-0.2, -0.15) is 0 Å². The fourth-order valence-electron chi connectivity index (χ4n) is 3.36. The average Bonchev–Trinajstić information content (AvgIpc) is 3.07. The summed E-state index contributed by atoms with van der Waals surface area (Å²) in [6, 6.07) is 13.3. The van der Waals surface area contributed by atoms with E-state index in [9.17, 15) is 0 Å². The molecule has 1 unspecified atom stereocenters. The summed E-state index contributed by atoms with van der Waals surface area (Å²) < 4.78 is 5.36. The molecule has 2 heteroatoms. The van der Waals surface area contributed by atoms with Gasteiger partial charge < -0.3 is 9.73 Å². The molecular formula is C19H27NO. The summed E-state index contributed by atoms with van der Waals surface area (Å²) in [7, 11) is 0. The SMILES string of the molecule is CCCNC(c1ccoc1)C(CC)(CC)c1ccccc1. The molecule has 1 atom stereocenters. The molecule has 0 amide bonds. The average molecular weight is 285 g/mol. The van der Waals surface area contributed by atoms with Crippen LogP contribution in [0.4, 0.5) is 0 Å². The molecule has 0 saturated carbocycles. The van der Waals surface area contributed by atoms with Gasteiger partial charge in [0.2, 0.25) is 0 Å². The Bertz CT molecular complexity index is 500. The van der Waals surface area contributed by atoms with Crippen LogP contribution in [0.1, 0.15) is 57.2 Å². The van der Waals surface area contributed by atoms with E-state index in [-0.39, 0.29) is 11.5 Å². The van der Waals surface area contributed by atoms with E-state index in [1.807, 2.05) is 6.26 Å². The maximum absolute atomic E-state index is 5.36. The van der Waals surface area contributed by atoms with E-state index in [0.717, 1.165) is 25.8 Å². The summed E-state index contributed by atoms with van der Waals surface area (Å²) in [6.07, 6.45) is 6.99. The van der Waals surface area contributed by atoms with Crippen LogP contribution >= 0.6 is 0 Å². The van der Waals surface area contributed by atoms with Gasteiger partial charge in [-0.15, -0.1) is 0 Å². The second kappa shape index (κ2) is 7.46. The fourth-order valence-corrected chi connectivity index (χ4v) is 3.36. The van der Waals surface area contributed by atoms with Crippen LogP contribution in [0.15, 0.2) is 53.3 Å². The Balaban J connectivity index is 2.45. The zero-order valence-corrected chi connectivity index (χ0v) is 13.4. The molecule has 1 heterocycles. The van der Waals surface area contributed by atoms with Crippen molar-refractivity contribution in [1.82, 2.24) is 5.32 Å². The molecular weight excluding hydrogens is 258 g/mol. The maximum Gasteiger partial charge on any atom is 0.0950 e. The number of hydrogen-bond acceptors (Lipinski definition) is 2. The number of hydrogen-bond donors (Lipinski definition) is 1. The first-order valence-electron chi connectivity index (χ1n) is 8.09. The lowest BCUT2D eigenvalue weighted by molar-refractivity contribution is 0.273. The van der Waals surface area contributed by atoms with Gasteiger partial charge in [-0.1, -0.05) is 51.1 Å². The van der Waals surface area contributed by atoms with Gasteiger partial charge >= 0.3 is 0 Å². The van der Waals surface area contributed by atoms with Crippen LogP contribution in [0.2, 0.25) is 0 Å². The predicted octanol–water partition coefficient (Wildman–Crippen LogP) is 5.08. The zero-order valence-electron chi connectivity index (χ0n) is 13.4. The van der Waals surface area contributed by atoms with E-state index in [2.05, 4.69) is 62.5 Å². The van der Waals surface area contributed by atoms with E-state index in [1.54, 1.807) is 6.26 Å². The summed E-state index contributed by atoms with van der Waals surface area (Å²) in [5.41, 5.74) is 2.75. The predicted molar refractivity (Wildman–Crippen MR) is 88.4 cm³/mol. The number of nitrogens with one attached hydrogen (secondary N) is 1. The van der Waals surface area contributed by atoms with Crippen LogP contribution in [0.25, 0.3) is 0 Å². The Kier molecular flexibility index (Phi) is 5.63. The van der Waals surface area contributed by atoms with Crippen molar-refractivity contribution in [2.45, 2.75) is 51.5 Å². The monoisotopic (exact) mass is 285 g/mol. The summed E-state index contributed by atoms with van der Waals surface area (Å²) in [4.78, 5) is 0. The van der Waals surface area contributed by atoms with Crippen LogP contribution in [-0.2, 0) is 5.41 Å². The molecule has 2 aromatic rings. The number of rotatable bonds is 8. The van der Waals surface area contributed by atoms with Crippen LogP contribution < -0.4 is 5.32 Å². The fraction of sp³-hybridized carbons (Fsp3) is 0.474. The lowest BCUT2D eigenvalue weighted by Crippen LogP contribution is -2.41. The van der Waals surface area contributed by atoms with Gasteiger partial charge in [0, 0.05) is 17.0 Å². The molecule has 114 valence electrons. The highest BCUT2D eigenvalue weighted by Crippen LogP contribution is 2.43. The molecule has 0 spiro atoms. The highest BCUT2D eigenvalue weighted by Gasteiger charge is 2.38. The summed E-state index contributed by atoms with van der Waals surface area (Å²) in [6.45, 7) is 7.81. The van der Waals surface area contributed by atoms with Gasteiger partial charge in [-0.05, 0) is 37.4 Å². The zero-order chi connectivity index (χ0) is 15.1. The summed E-state index contributed by atoms with van der Waals surface area (Å²) in [5, 5.41) is 3.75. The summed E-state index contributed by atoms with van der Waals surface area (Å²) in [5.74, 6) is 0. The van der Waals surface area contributed by atoms with Crippen LogP contribution in [0.3, 0.4) is 0 Å². The quantitative estimate of drug-likeness (QED) is 0.731. The molecule has 1 aromatic carbocycles. The van der Waals surface area contributed by atoms with Gasteiger partial charge in [-0.3, -0.25) is 0 Å². The third-order valence-corrected chi connectivity index (χ3v) is 4.64. The largest absolute Gasteiger partial charge is 0.472 e. The number of benzene rings is 1. The van der Waals surface area contributed by atoms with Gasteiger partial charge in [0.05, 0.1) is 12.5 Å². The van der Waals surface area contributed by atoms with Crippen LogP contribution in [-0.4, -0.2) is 6.54 Å². The Labute approximate surface area is 128 Å². The number of furan rings is 1. The lowest BCUT2D eigenvalue weighted by Gasteiger charge is -2.40. The van der Waals surface area contributed by atoms with Crippen molar-refractivity contribution in [1.29, 1.82) is 0 Å². The Morgan fingerprint density at radius 3 is 2.29 bits per heavy atom. The first kappa shape index (κ1) is 15.8. The Morgan fingerprint density at radius 1 is 1.05 bits per heavy atom. The van der Waals surface area contributed by atoms with Crippen molar-refractivity contribution in [3.05, 3.63) is 60.1 Å². The van der Waals surface area contributed by atoms with E-state index >= 15 is 0 Å². The maximum atomic E-state index is 5.36. The van der Waals surface area contributed by atoms with Crippen molar-refractivity contribution in [2.24, 2.45) is 0 Å². The molecule has 2 nitrogen and oxygen atoms in total. The van der Waals surface area contributed by atoms with Crippen molar-refractivity contribution in [2.75, 3.05) is 6.54 Å². The van der Waals surface area contributed by atoms with Crippen LogP contribution in [0, 0.1) is 0 Å². The molecule has 2 rings (SSSR count). The topological polar surface area (TPSA) is 25.2 Å². The van der Waals surface area contributed by atoms with Gasteiger partial charge in [0.1, 0.15) is 0 Å². The van der Waals surface area contributed by atoms with Gasteiger partial charge in [-0.25, -0.2) is 0 Å². The molecule has 0 saturated heterocycles. The van der Waals surface area contributed by atoms with E-state index in [1.165, 1.54) is 11.1 Å². The Hall–Kier alpha value is -1.54. The third kappa shape index (κ3) is 3.21. The first-order valence-corrected chi connectivity index (χ1v) is 8.09. The second-order valence-corrected chi connectivity index (χ2v) is 5.67. The van der Waals surface area contributed by atoms with E-state index in [4.69, 9.17) is 4.42 Å². The Morgan fingerprint density at radius 2 is 1.76 bits per heavy atom. The van der Waals surface area contributed by atoms with Crippen LogP contribution in [0.5, 0.6) is 0 Å². The highest BCUT2D eigenvalue weighted by atomic mass is 16.3. The van der Waals surface area contributed by atoms with Gasteiger partial charge in [0.15, 0.2) is 0 Å². The third-order valence-electron chi connectivity index (χ3n) is 4.64.